The predicted octanol–water partition coefficient (Wildman–Crippen LogP) is 11.3. The van der Waals surface area contributed by atoms with Crippen LogP contribution in [0.1, 0.15) is 25.0 Å². The first-order chi connectivity index (χ1) is 22.1. The second kappa shape index (κ2) is 8.74. The number of hydrogen-bond donors (Lipinski definition) is 0. The van der Waals surface area contributed by atoms with Gasteiger partial charge in [0.05, 0.1) is 22.1 Å². The number of fused-ring (bicyclic) bond motifs is 12. The lowest BCUT2D eigenvalue weighted by Crippen LogP contribution is -2.16. The standard InChI is InChI=1S/C43H30N2/c1-43(2)36-24-20-27-12-6-7-15-30(27)40(36)34-23-22-33-31-16-8-11-19-38(31)45(42(33)41(34)43)29-21-25-39-35(26-29)32-17-9-10-18-37(32)44(39)28-13-4-3-5-14-28/h3-26H,1-2H3. The maximum Gasteiger partial charge on any atom is 0.0588 e. The first-order valence-corrected chi connectivity index (χ1v) is 15.8. The van der Waals surface area contributed by atoms with Crippen LogP contribution in [0.5, 0.6) is 0 Å². The fourth-order valence-corrected chi connectivity index (χ4v) is 8.34. The summed E-state index contributed by atoms with van der Waals surface area (Å²) in [5.41, 5.74) is 12.8. The van der Waals surface area contributed by atoms with Crippen molar-refractivity contribution in [3.63, 3.8) is 0 Å². The van der Waals surface area contributed by atoms with Crippen molar-refractivity contribution in [2.24, 2.45) is 0 Å². The molecule has 0 atom stereocenters. The van der Waals surface area contributed by atoms with Crippen molar-refractivity contribution < 1.29 is 0 Å². The van der Waals surface area contributed by atoms with Gasteiger partial charge in [-0.1, -0.05) is 117 Å². The third-order valence-corrected chi connectivity index (χ3v) is 10.3. The first kappa shape index (κ1) is 24.8. The van der Waals surface area contributed by atoms with Crippen LogP contribution in [0.25, 0.3) is 76.9 Å². The van der Waals surface area contributed by atoms with E-state index in [2.05, 4.69) is 169 Å². The first-order valence-electron chi connectivity index (χ1n) is 15.8. The minimum atomic E-state index is -0.159. The zero-order valence-electron chi connectivity index (χ0n) is 25.3. The second-order valence-electron chi connectivity index (χ2n) is 13.0. The summed E-state index contributed by atoms with van der Waals surface area (Å²) in [6, 6.07) is 53.7. The van der Waals surface area contributed by atoms with Crippen molar-refractivity contribution in [1.29, 1.82) is 0 Å². The van der Waals surface area contributed by atoms with Gasteiger partial charge in [-0.15, -0.1) is 0 Å². The van der Waals surface area contributed by atoms with Crippen LogP contribution >= 0.6 is 0 Å². The molecule has 2 heteroatoms. The Morgan fingerprint density at radius 1 is 0.444 bits per heavy atom. The summed E-state index contributed by atoms with van der Waals surface area (Å²) in [5.74, 6) is 0. The van der Waals surface area contributed by atoms with E-state index in [1.807, 2.05) is 0 Å². The van der Waals surface area contributed by atoms with Crippen LogP contribution in [0.2, 0.25) is 0 Å². The Bertz CT molecular complexity index is 2670. The number of rotatable bonds is 2. The summed E-state index contributed by atoms with van der Waals surface area (Å²) in [4.78, 5) is 0. The summed E-state index contributed by atoms with van der Waals surface area (Å²) < 4.78 is 4.93. The van der Waals surface area contributed by atoms with E-state index in [4.69, 9.17) is 0 Å². The van der Waals surface area contributed by atoms with Crippen LogP contribution in [0.15, 0.2) is 146 Å². The average Bonchev–Trinajstić information content (AvgIpc) is 3.68. The van der Waals surface area contributed by atoms with E-state index >= 15 is 0 Å². The molecule has 0 bridgehead atoms. The minimum Gasteiger partial charge on any atom is -0.309 e. The van der Waals surface area contributed by atoms with Crippen molar-refractivity contribution in [2.45, 2.75) is 19.3 Å². The summed E-state index contributed by atoms with van der Waals surface area (Å²) in [7, 11) is 0. The van der Waals surface area contributed by atoms with E-state index in [0.29, 0.717) is 0 Å². The van der Waals surface area contributed by atoms with Gasteiger partial charge in [0.2, 0.25) is 0 Å². The summed E-state index contributed by atoms with van der Waals surface area (Å²) in [6.07, 6.45) is 0. The van der Waals surface area contributed by atoms with Crippen LogP contribution in [-0.4, -0.2) is 9.13 Å². The van der Waals surface area contributed by atoms with E-state index in [9.17, 15) is 0 Å². The molecule has 0 amide bonds. The Kier molecular flexibility index (Phi) is 4.82. The average molecular weight is 575 g/mol. The fraction of sp³-hybridized carbons (Fsp3) is 0.0698. The van der Waals surface area contributed by atoms with Gasteiger partial charge in [0, 0.05) is 38.3 Å². The molecule has 1 aliphatic rings. The fourth-order valence-electron chi connectivity index (χ4n) is 8.34. The molecule has 0 spiro atoms. The van der Waals surface area contributed by atoms with Gasteiger partial charge in [0.25, 0.3) is 0 Å². The Hall–Kier alpha value is -5.60. The Balaban J connectivity index is 1.33. The third kappa shape index (κ3) is 3.18. The molecular formula is C43H30N2. The molecule has 2 aromatic heterocycles. The van der Waals surface area contributed by atoms with Crippen LogP contribution in [0, 0.1) is 0 Å². The van der Waals surface area contributed by atoms with Crippen molar-refractivity contribution in [3.05, 3.63) is 157 Å². The number of benzene rings is 7. The van der Waals surface area contributed by atoms with Crippen molar-refractivity contribution in [3.8, 4) is 22.5 Å². The molecule has 0 aliphatic heterocycles. The number of aromatic nitrogens is 2. The molecule has 1 aliphatic carbocycles. The van der Waals surface area contributed by atoms with Crippen LogP contribution in [0.4, 0.5) is 0 Å². The highest BCUT2D eigenvalue weighted by atomic mass is 15.0. The predicted molar refractivity (Wildman–Crippen MR) is 190 cm³/mol. The topological polar surface area (TPSA) is 9.86 Å². The molecule has 10 rings (SSSR count). The molecule has 0 N–H and O–H groups in total. The van der Waals surface area contributed by atoms with E-state index in [-0.39, 0.29) is 5.41 Å². The number of para-hydroxylation sites is 3. The highest BCUT2D eigenvalue weighted by Crippen LogP contribution is 2.55. The van der Waals surface area contributed by atoms with E-state index in [0.717, 1.165) is 0 Å². The second-order valence-corrected chi connectivity index (χ2v) is 13.0. The van der Waals surface area contributed by atoms with Crippen molar-refractivity contribution >= 4 is 54.4 Å². The quantitative estimate of drug-likeness (QED) is 0.194. The molecule has 2 heterocycles. The zero-order chi connectivity index (χ0) is 29.9. The highest BCUT2D eigenvalue weighted by Gasteiger charge is 2.39. The molecule has 0 fully saturated rings. The molecule has 7 aromatic carbocycles. The van der Waals surface area contributed by atoms with Crippen molar-refractivity contribution in [1.82, 2.24) is 9.13 Å². The van der Waals surface area contributed by atoms with Gasteiger partial charge in [-0.25, -0.2) is 0 Å². The largest absolute Gasteiger partial charge is 0.309 e. The molecule has 0 saturated heterocycles. The van der Waals surface area contributed by atoms with Gasteiger partial charge in [-0.3, -0.25) is 0 Å². The van der Waals surface area contributed by atoms with Crippen LogP contribution < -0.4 is 0 Å². The van der Waals surface area contributed by atoms with Crippen LogP contribution in [-0.2, 0) is 5.41 Å². The smallest absolute Gasteiger partial charge is 0.0588 e. The van der Waals surface area contributed by atoms with E-state index in [1.165, 1.54) is 88.0 Å². The monoisotopic (exact) mass is 574 g/mol. The lowest BCUT2D eigenvalue weighted by Gasteiger charge is -2.24. The molecule has 0 radical (unpaired) electrons. The van der Waals surface area contributed by atoms with Crippen molar-refractivity contribution in [2.75, 3.05) is 0 Å². The molecule has 212 valence electrons. The third-order valence-electron chi connectivity index (χ3n) is 10.3. The lowest BCUT2D eigenvalue weighted by atomic mass is 9.81. The maximum atomic E-state index is 2.54. The van der Waals surface area contributed by atoms with Gasteiger partial charge in [-0.2, -0.15) is 0 Å². The van der Waals surface area contributed by atoms with Gasteiger partial charge in [0.1, 0.15) is 0 Å². The number of nitrogens with zero attached hydrogens (tertiary/aromatic N) is 2. The van der Waals surface area contributed by atoms with Gasteiger partial charge >= 0.3 is 0 Å². The Morgan fingerprint density at radius 2 is 1.09 bits per heavy atom. The lowest BCUT2D eigenvalue weighted by molar-refractivity contribution is 0.664. The highest BCUT2D eigenvalue weighted by molar-refractivity contribution is 6.16. The molecule has 9 aromatic rings. The SMILES string of the molecule is CC1(C)c2ccc3ccccc3c2-c2ccc3c4ccccc4n(-c4ccc5c(c4)c4ccccc4n5-c4ccccc4)c3c21. The Morgan fingerprint density at radius 3 is 1.89 bits per heavy atom. The molecule has 0 saturated carbocycles. The molecular weight excluding hydrogens is 544 g/mol. The summed E-state index contributed by atoms with van der Waals surface area (Å²) >= 11 is 0. The molecule has 2 nitrogen and oxygen atoms in total. The molecule has 0 unspecified atom stereocenters. The van der Waals surface area contributed by atoms with Gasteiger partial charge in [0.15, 0.2) is 0 Å². The molecule has 45 heavy (non-hydrogen) atoms. The van der Waals surface area contributed by atoms with Crippen LogP contribution in [0.3, 0.4) is 0 Å². The van der Waals surface area contributed by atoms with E-state index in [1.54, 1.807) is 0 Å². The summed E-state index contributed by atoms with van der Waals surface area (Å²) in [5, 5.41) is 7.75. The zero-order valence-corrected chi connectivity index (χ0v) is 25.3. The van der Waals surface area contributed by atoms with Gasteiger partial charge < -0.3 is 9.13 Å². The Labute approximate surface area is 261 Å². The summed E-state index contributed by atoms with van der Waals surface area (Å²) in [6.45, 7) is 4.81. The maximum absolute atomic E-state index is 2.54. The minimum absolute atomic E-state index is 0.159. The van der Waals surface area contributed by atoms with Gasteiger partial charge in [-0.05, 0) is 75.5 Å². The van der Waals surface area contributed by atoms with E-state index < -0.39 is 0 Å². The number of hydrogen-bond acceptors (Lipinski definition) is 0. The normalized spacial score (nSPS) is 13.7.